The zero-order valence-corrected chi connectivity index (χ0v) is 14.3. The summed E-state index contributed by atoms with van der Waals surface area (Å²) in [5.74, 6) is -0.822. The summed E-state index contributed by atoms with van der Waals surface area (Å²) in [6.45, 7) is 0. The first-order valence-electron chi connectivity index (χ1n) is 7.97. The van der Waals surface area contributed by atoms with E-state index in [0.717, 1.165) is 12.8 Å². The van der Waals surface area contributed by atoms with Gasteiger partial charge in [-0.2, -0.15) is 0 Å². The van der Waals surface area contributed by atoms with Gasteiger partial charge in [-0.05, 0) is 49.2 Å². The standard InChI is InChI=1S/C17H15N3O5S/c21-16(18-11-5-6-11)10-1-3-12(4-2-10)20-26(23,24)13-7-8-14-15(9-13)25-17(22)19-14/h1-4,7-9,11,20H,5-6H2,(H,18,21)(H,19,22). The number of oxazole rings is 1. The van der Waals surface area contributed by atoms with Gasteiger partial charge in [0, 0.05) is 23.4 Å². The van der Waals surface area contributed by atoms with Crippen LogP contribution < -0.4 is 15.8 Å². The largest absolute Gasteiger partial charge is 0.417 e. The third-order valence-electron chi connectivity index (χ3n) is 4.01. The normalized spacial score (nSPS) is 14.3. The number of fused-ring (bicyclic) bond motifs is 1. The van der Waals surface area contributed by atoms with E-state index in [0.29, 0.717) is 16.8 Å². The Morgan fingerprint density at radius 1 is 1.12 bits per heavy atom. The van der Waals surface area contributed by atoms with E-state index in [2.05, 4.69) is 15.0 Å². The molecule has 0 spiro atoms. The molecule has 0 atom stereocenters. The maximum atomic E-state index is 12.5. The van der Waals surface area contributed by atoms with Gasteiger partial charge in [-0.1, -0.05) is 0 Å². The Balaban J connectivity index is 1.54. The van der Waals surface area contributed by atoms with Gasteiger partial charge in [-0.25, -0.2) is 13.2 Å². The van der Waals surface area contributed by atoms with Crippen LogP contribution in [0.4, 0.5) is 5.69 Å². The van der Waals surface area contributed by atoms with Crippen molar-refractivity contribution in [1.29, 1.82) is 0 Å². The molecule has 1 fully saturated rings. The van der Waals surface area contributed by atoms with E-state index >= 15 is 0 Å². The number of aromatic amines is 1. The summed E-state index contributed by atoms with van der Waals surface area (Å²) in [5, 5.41) is 2.87. The molecule has 4 rings (SSSR count). The van der Waals surface area contributed by atoms with E-state index in [-0.39, 0.29) is 22.4 Å². The van der Waals surface area contributed by atoms with Crippen LogP contribution in [0.25, 0.3) is 11.1 Å². The zero-order chi connectivity index (χ0) is 18.3. The predicted octanol–water partition coefficient (Wildman–Crippen LogP) is 1.81. The topological polar surface area (TPSA) is 121 Å². The third kappa shape index (κ3) is 3.33. The molecule has 0 bridgehead atoms. The van der Waals surface area contributed by atoms with Crippen LogP contribution in [0.5, 0.6) is 0 Å². The van der Waals surface area contributed by atoms with E-state index in [1.54, 1.807) is 12.1 Å². The lowest BCUT2D eigenvalue weighted by Crippen LogP contribution is -2.25. The molecule has 0 aliphatic heterocycles. The molecule has 0 saturated heterocycles. The first-order valence-corrected chi connectivity index (χ1v) is 9.46. The number of hydrogen-bond donors (Lipinski definition) is 3. The summed E-state index contributed by atoms with van der Waals surface area (Å²) in [6, 6.07) is 10.5. The lowest BCUT2D eigenvalue weighted by molar-refractivity contribution is 0.0951. The quantitative estimate of drug-likeness (QED) is 0.630. The second-order valence-corrected chi connectivity index (χ2v) is 7.79. The molecule has 8 nitrogen and oxygen atoms in total. The fourth-order valence-electron chi connectivity index (χ4n) is 2.49. The molecule has 0 radical (unpaired) electrons. The highest BCUT2D eigenvalue weighted by atomic mass is 32.2. The smallest absolute Gasteiger partial charge is 0.408 e. The van der Waals surface area contributed by atoms with Gasteiger partial charge < -0.3 is 9.73 Å². The lowest BCUT2D eigenvalue weighted by atomic mass is 10.2. The second kappa shape index (κ2) is 6.03. The van der Waals surface area contributed by atoms with Crippen LogP contribution in [0.15, 0.2) is 56.6 Å². The van der Waals surface area contributed by atoms with Gasteiger partial charge in [0.25, 0.3) is 15.9 Å². The Hall–Kier alpha value is -3.07. The number of anilines is 1. The number of sulfonamides is 1. The van der Waals surface area contributed by atoms with Crippen molar-refractivity contribution in [3.8, 4) is 0 Å². The van der Waals surface area contributed by atoms with Crippen molar-refractivity contribution in [1.82, 2.24) is 10.3 Å². The Kier molecular flexibility index (Phi) is 3.80. The molecule has 1 aliphatic rings. The van der Waals surface area contributed by atoms with Crippen molar-refractivity contribution in [2.45, 2.75) is 23.8 Å². The van der Waals surface area contributed by atoms with Crippen LogP contribution in [-0.2, 0) is 10.0 Å². The molecule has 3 N–H and O–H groups in total. The molecule has 2 aromatic carbocycles. The van der Waals surface area contributed by atoms with Crippen molar-refractivity contribution in [2.75, 3.05) is 4.72 Å². The van der Waals surface area contributed by atoms with Crippen molar-refractivity contribution < 1.29 is 17.6 Å². The van der Waals surface area contributed by atoms with Gasteiger partial charge in [-0.3, -0.25) is 14.5 Å². The molecular weight excluding hydrogens is 358 g/mol. The number of rotatable bonds is 5. The summed E-state index contributed by atoms with van der Waals surface area (Å²) in [5.41, 5.74) is 1.36. The lowest BCUT2D eigenvalue weighted by Gasteiger charge is -2.09. The van der Waals surface area contributed by atoms with Gasteiger partial charge >= 0.3 is 5.76 Å². The number of carbonyl (C=O) groups is 1. The van der Waals surface area contributed by atoms with Crippen molar-refractivity contribution in [2.24, 2.45) is 0 Å². The molecule has 26 heavy (non-hydrogen) atoms. The predicted molar refractivity (Wildman–Crippen MR) is 94.6 cm³/mol. The Bertz CT molecular complexity index is 1140. The van der Waals surface area contributed by atoms with Crippen LogP contribution in [0.3, 0.4) is 0 Å². The summed E-state index contributed by atoms with van der Waals surface area (Å²) < 4.78 is 32.3. The number of aromatic nitrogens is 1. The molecule has 3 aromatic rings. The van der Waals surface area contributed by atoms with Gasteiger partial charge in [-0.15, -0.1) is 0 Å². The van der Waals surface area contributed by atoms with E-state index in [1.165, 1.54) is 30.3 Å². The maximum Gasteiger partial charge on any atom is 0.417 e. The summed E-state index contributed by atoms with van der Waals surface area (Å²) in [6.07, 6.45) is 1.99. The average molecular weight is 373 g/mol. The highest BCUT2D eigenvalue weighted by molar-refractivity contribution is 7.92. The highest BCUT2D eigenvalue weighted by Crippen LogP contribution is 2.21. The fourth-order valence-corrected chi connectivity index (χ4v) is 3.57. The van der Waals surface area contributed by atoms with E-state index in [9.17, 15) is 18.0 Å². The Morgan fingerprint density at radius 3 is 2.54 bits per heavy atom. The van der Waals surface area contributed by atoms with Gasteiger partial charge in [0.1, 0.15) is 0 Å². The van der Waals surface area contributed by atoms with Gasteiger partial charge in [0.2, 0.25) is 0 Å². The van der Waals surface area contributed by atoms with Crippen molar-refractivity contribution in [3.63, 3.8) is 0 Å². The number of nitrogens with one attached hydrogen (secondary N) is 3. The zero-order valence-electron chi connectivity index (χ0n) is 13.5. The van der Waals surface area contributed by atoms with Crippen LogP contribution in [0.1, 0.15) is 23.2 Å². The SMILES string of the molecule is O=C(NC1CC1)c1ccc(NS(=O)(=O)c2ccc3[nH]c(=O)oc3c2)cc1. The van der Waals surface area contributed by atoms with Crippen LogP contribution in [0, 0.1) is 0 Å². The summed E-state index contributed by atoms with van der Waals surface area (Å²) in [4.78, 5) is 25.5. The van der Waals surface area contributed by atoms with E-state index < -0.39 is 15.8 Å². The monoisotopic (exact) mass is 373 g/mol. The fraction of sp³-hybridized carbons (Fsp3) is 0.176. The van der Waals surface area contributed by atoms with Crippen LogP contribution in [-0.4, -0.2) is 25.4 Å². The second-order valence-electron chi connectivity index (χ2n) is 6.10. The maximum absolute atomic E-state index is 12.5. The minimum atomic E-state index is -3.86. The number of H-pyrrole nitrogens is 1. The molecule has 0 unspecified atom stereocenters. The molecule has 1 saturated carbocycles. The molecule has 9 heteroatoms. The third-order valence-corrected chi connectivity index (χ3v) is 5.39. The Labute approximate surface area is 148 Å². The summed E-state index contributed by atoms with van der Waals surface area (Å²) >= 11 is 0. The van der Waals surface area contributed by atoms with E-state index in [1.807, 2.05) is 0 Å². The average Bonchev–Trinajstić information content (AvgIpc) is 3.32. The van der Waals surface area contributed by atoms with E-state index in [4.69, 9.17) is 4.42 Å². The van der Waals surface area contributed by atoms with Crippen molar-refractivity contribution >= 4 is 32.7 Å². The van der Waals surface area contributed by atoms with Gasteiger partial charge in [0.05, 0.1) is 10.4 Å². The summed E-state index contributed by atoms with van der Waals surface area (Å²) in [7, 11) is -3.86. The molecule has 134 valence electrons. The molecule has 1 heterocycles. The van der Waals surface area contributed by atoms with Crippen molar-refractivity contribution in [3.05, 3.63) is 58.6 Å². The van der Waals surface area contributed by atoms with Gasteiger partial charge in [0.15, 0.2) is 5.58 Å². The molecule has 1 amide bonds. The molecular formula is C17H15N3O5S. The molecule has 1 aromatic heterocycles. The molecule has 1 aliphatic carbocycles. The number of hydrogen-bond acceptors (Lipinski definition) is 5. The van der Waals surface area contributed by atoms with Crippen LogP contribution >= 0.6 is 0 Å². The number of amides is 1. The minimum Gasteiger partial charge on any atom is -0.408 e. The number of benzene rings is 2. The minimum absolute atomic E-state index is 0.0386. The highest BCUT2D eigenvalue weighted by Gasteiger charge is 2.23. The number of carbonyl (C=O) groups excluding carboxylic acids is 1. The first kappa shape index (κ1) is 16.4. The van der Waals surface area contributed by atoms with Crippen LogP contribution in [0.2, 0.25) is 0 Å². The first-order chi connectivity index (χ1) is 12.4. The Morgan fingerprint density at radius 2 is 1.85 bits per heavy atom.